The summed E-state index contributed by atoms with van der Waals surface area (Å²) in [5.41, 5.74) is 5.50. The Kier molecular flexibility index (Phi) is 5.96. The van der Waals surface area contributed by atoms with E-state index in [0.717, 1.165) is 47.5 Å². The van der Waals surface area contributed by atoms with E-state index >= 15 is 0 Å². The van der Waals surface area contributed by atoms with Crippen molar-refractivity contribution in [1.82, 2.24) is 9.88 Å². The number of anilines is 2. The fourth-order valence-electron chi connectivity index (χ4n) is 4.57. The summed E-state index contributed by atoms with van der Waals surface area (Å²) in [6.07, 6.45) is 6.70. The van der Waals surface area contributed by atoms with Crippen LogP contribution in [0, 0.1) is 6.92 Å². The molecule has 0 unspecified atom stereocenters. The van der Waals surface area contributed by atoms with Gasteiger partial charge in [-0.05, 0) is 68.2 Å². The monoisotopic (exact) mass is 444 g/mol. The molecule has 2 aliphatic rings. The number of hydrogen-bond donors (Lipinski definition) is 2. The Morgan fingerprint density at radius 2 is 2.03 bits per heavy atom. The number of nitrogens with one attached hydrogen (secondary N) is 2. The normalized spacial score (nSPS) is 17.4. The number of amides is 2. The van der Waals surface area contributed by atoms with Gasteiger partial charge in [-0.1, -0.05) is 18.6 Å². The van der Waals surface area contributed by atoms with E-state index in [1.165, 1.54) is 19.3 Å². The second-order valence-corrected chi connectivity index (χ2v) is 8.77. The first-order chi connectivity index (χ1) is 16.0. The standard InChI is InChI=1S/C26H28N4O3/c1-17-27-23-9-6-18(15-24(23)33-17)5-8-20-21-16-19(7-10-22(21)29-26(20)32)28-25(31)11-14-30-12-3-2-4-13-30/h6-10,15-16H,2-5,11-14H2,1H3,(H,28,31)(H,29,32)/b20-8+. The molecule has 3 aromatic rings. The van der Waals surface area contributed by atoms with Crippen molar-refractivity contribution in [2.75, 3.05) is 30.3 Å². The first-order valence-corrected chi connectivity index (χ1v) is 11.6. The van der Waals surface area contributed by atoms with Gasteiger partial charge in [0.15, 0.2) is 11.5 Å². The SMILES string of the molecule is Cc1nc2ccc(C/C=C3/C(=O)Nc4ccc(NC(=O)CCN5CCCCC5)cc43)cc2o1. The van der Waals surface area contributed by atoms with Gasteiger partial charge in [0.1, 0.15) is 5.52 Å². The number of likely N-dealkylation sites (tertiary alicyclic amines) is 1. The summed E-state index contributed by atoms with van der Waals surface area (Å²) >= 11 is 0. The van der Waals surface area contributed by atoms with E-state index in [1.807, 2.05) is 49.4 Å². The van der Waals surface area contributed by atoms with Gasteiger partial charge in [-0.3, -0.25) is 9.59 Å². The smallest absolute Gasteiger partial charge is 0.256 e. The molecule has 1 saturated heterocycles. The van der Waals surface area contributed by atoms with E-state index in [4.69, 9.17) is 4.42 Å². The fraction of sp³-hybridized carbons (Fsp3) is 0.346. The van der Waals surface area contributed by atoms with Crippen LogP contribution < -0.4 is 10.6 Å². The van der Waals surface area contributed by atoms with E-state index < -0.39 is 0 Å². The third-order valence-corrected chi connectivity index (χ3v) is 6.29. The minimum absolute atomic E-state index is 0.000936. The summed E-state index contributed by atoms with van der Waals surface area (Å²) < 4.78 is 5.61. The number of carbonyl (C=O) groups is 2. The van der Waals surface area contributed by atoms with Crippen LogP contribution in [0.5, 0.6) is 0 Å². The molecule has 170 valence electrons. The van der Waals surface area contributed by atoms with Crippen LogP contribution in [-0.4, -0.2) is 41.3 Å². The zero-order valence-electron chi connectivity index (χ0n) is 18.8. The third-order valence-electron chi connectivity index (χ3n) is 6.29. The number of carbonyl (C=O) groups excluding carboxylic acids is 2. The van der Waals surface area contributed by atoms with Gasteiger partial charge in [0.25, 0.3) is 5.91 Å². The maximum absolute atomic E-state index is 12.6. The lowest BCUT2D eigenvalue weighted by molar-refractivity contribution is -0.116. The largest absolute Gasteiger partial charge is 0.441 e. The van der Waals surface area contributed by atoms with Crippen LogP contribution in [0.3, 0.4) is 0 Å². The molecule has 7 heteroatoms. The highest BCUT2D eigenvalue weighted by molar-refractivity contribution is 6.31. The van der Waals surface area contributed by atoms with Crippen LogP contribution in [0.2, 0.25) is 0 Å². The van der Waals surface area contributed by atoms with Gasteiger partial charge < -0.3 is 20.0 Å². The van der Waals surface area contributed by atoms with E-state index in [9.17, 15) is 9.59 Å². The molecule has 0 radical (unpaired) electrons. The lowest BCUT2D eigenvalue weighted by atomic mass is 10.0. The van der Waals surface area contributed by atoms with E-state index in [-0.39, 0.29) is 11.8 Å². The summed E-state index contributed by atoms with van der Waals surface area (Å²) in [6, 6.07) is 11.4. The number of piperidine rings is 1. The van der Waals surface area contributed by atoms with Gasteiger partial charge in [-0.2, -0.15) is 0 Å². The maximum atomic E-state index is 12.6. The van der Waals surface area contributed by atoms with Gasteiger partial charge >= 0.3 is 0 Å². The molecule has 0 bridgehead atoms. The van der Waals surface area contributed by atoms with Crippen LogP contribution in [0.1, 0.15) is 42.7 Å². The summed E-state index contributed by atoms with van der Waals surface area (Å²) in [5.74, 6) is 0.504. The van der Waals surface area contributed by atoms with Gasteiger partial charge in [-0.15, -0.1) is 0 Å². The maximum Gasteiger partial charge on any atom is 0.256 e. The number of rotatable bonds is 6. The molecule has 33 heavy (non-hydrogen) atoms. The summed E-state index contributed by atoms with van der Waals surface area (Å²) in [4.78, 5) is 31.7. The zero-order valence-corrected chi connectivity index (χ0v) is 18.8. The fourth-order valence-corrected chi connectivity index (χ4v) is 4.57. The molecule has 1 aromatic heterocycles. The van der Waals surface area contributed by atoms with Crippen molar-refractivity contribution in [3.05, 3.63) is 59.5 Å². The molecule has 2 aliphatic heterocycles. The van der Waals surface area contributed by atoms with Crippen molar-refractivity contribution in [2.45, 2.75) is 39.0 Å². The highest BCUT2D eigenvalue weighted by atomic mass is 16.3. The van der Waals surface area contributed by atoms with Gasteiger partial charge in [-0.25, -0.2) is 4.98 Å². The van der Waals surface area contributed by atoms with Gasteiger partial charge in [0.05, 0.1) is 0 Å². The molecule has 5 rings (SSSR count). The Morgan fingerprint density at radius 1 is 1.18 bits per heavy atom. The minimum atomic E-state index is -0.129. The topological polar surface area (TPSA) is 87.5 Å². The number of oxazole rings is 1. The average molecular weight is 445 g/mol. The van der Waals surface area contributed by atoms with Crippen molar-refractivity contribution >= 4 is 39.9 Å². The molecule has 2 aromatic carbocycles. The quantitative estimate of drug-likeness (QED) is 0.546. The number of allylic oxidation sites excluding steroid dienone is 1. The van der Waals surface area contributed by atoms with Crippen molar-refractivity contribution < 1.29 is 14.0 Å². The van der Waals surface area contributed by atoms with Crippen molar-refractivity contribution in [3.63, 3.8) is 0 Å². The highest BCUT2D eigenvalue weighted by Crippen LogP contribution is 2.34. The molecule has 0 saturated carbocycles. The highest BCUT2D eigenvalue weighted by Gasteiger charge is 2.24. The average Bonchev–Trinajstić information content (AvgIpc) is 3.34. The molecular weight excluding hydrogens is 416 g/mol. The number of nitrogens with zero attached hydrogens (tertiary/aromatic N) is 2. The number of hydrogen-bond acceptors (Lipinski definition) is 5. The molecule has 0 atom stereocenters. The van der Waals surface area contributed by atoms with Crippen molar-refractivity contribution in [3.8, 4) is 0 Å². The summed E-state index contributed by atoms with van der Waals surface area (Å²) in [7, 11) is 0. The zero-order chi connectivity index (χ0) is 22.8. The van der Waals surface area contributed by atoms with Crippen molar-refractivity contribution in [1.29, 1.82) is 0 Å². The third kappa shape index (κ3) is 4.83. The van der Waals surface area contributed by atoms with Crippen LogP contribution >= 0.6 is 0 Å². The van der Waals surface area contributed by atoms with Gasteiger partial charge in [0, 0.05) is 42.4 Å². The lowest BCUT2D eigenvalue weighted by Crippen LogP contribution is -2.32. The molecule has 2 N–H and O–H groups in total. The van der Waals surface area contributed by atoms with Crippen LogP contribution in [0.15, 0.2) is 46.9 Å². The minimum Gasteiger partial charge on any atom is -0.441 e. The molecular formula is C26H28N4O3. The summed E-state index contributed by atoms with van der Waals surface area (Å²) in [6.45, 7) is 4.77. The number of benzene rings is 2. The molecule has 1 fully saturated rings. The molecule has 3 heterocycles. The van der Waals surface area contributed by atoms with Crippen LogP contribution in [-0.2, 0) is 16.0 Å². The predicted molar refractivity (Wildman–Crippen MR) is 129 cm³/mol. The van der Waals surface area contributed by atoms with Crippen LogP contribution in [0.25, 0.3) is 16.7 Å². The summed E-state index contributed by atoms with van der Waals surface area (Å²) in [5, 5.41) is 5.90. The number of aromatic nitrogens is 1. The lowest BCUT2D eigenvalue weighted by Gasteiger charge is -2.25. The predicted octanol–water partition coefficient (Wildman–Crippen LogP) is 4.53. The Hall–Kier alpha value is -3.45. The Bertz CT molecular complexity index is 1240. The Balaban J connectivity index is 1.27. The van der Waals surface area contributed by atoms with E-state index in [1.54, 1.807) is 0 Å². The van der Waals surface area contributed by atoms with E-state index in [2.05, 4.69) is 20.5 Å². The molecule has 0 spiro atoms. The van der Waals surface area contributed by atoms with E-state index in [0.29, 0.717) is 30.0 Å². The Labute approximate surface area is 192 Å². The number of fused-ring (bicyclic) bond motifs is 2. The van der Waals surface area contributed by atoms with Crippen molar-refractivity contribution in [2.24, 2.45) is 0 Å². The molecule has 0 aliphatic carbocycles. The molecule has 7 nitrogen and oxygen atoms in total. The first-order valence-electron chi connectivity index (χ1n) is 11.6. The first kappa shape index (κ1) is 21.4. The van der Waals surface area contributed by atoms with Crippen LogP contribution in [0.4, 0.5) is 11.4 Å². The Morgan fingerprint density at radius 3 is 2.88 bits per heavy atom. The second-order valence-electron chi connectivity index (χ2n) is 8.77. The molecule has 2 amide bonds. The number of aryl methyl sites for hydroxylation is 1. The second kappa shape index (κ2) is 9.19. The van der Waals surface area contributed by atoms with Gasteiger partial charge in [0.2, 0.25) is 5.91 Å².